The van der Waals surface area contributed by atoms with Crippen LogP contribution in [0.5, 0.6) is 11.5 Å². The summed E-state index contributed by atoms with van der Waals surface area (Å²) in [6.45, 7) is 0.919. The number of benzene rings is 1. The van der Waals surface area contributed by atoms with Gasteiger partial charge in [-0.2, -0.15) is 0 Å². The fourth-order valence-corrected chi connectivity index (χ4v) is 4.10. The average Bonchev–Trinajstić information content (AvgIpc) is 2.91. The van der Waals surface area contributed by atoms with Crippen molar-refractivity contribution in [2.24, 2.45) is 5.73 Å². The maximum atomic E-state index is 11.9. The Morgan fingerprint density at radius 2 is 2.12 bits per heavy atom. The highest BCUT2D eigenvalue weighted by molar-refractivity contribution is 5.97. The Morgan fingerprint density at radius 1 is 1.38 bits per heavy atom. The molecule has 0 aromatic heterocycles. The van der Waals surface area contributed by atoms with Crippen LogP contribution in [0.3, 0.4) is 0 Å². The molecule has 0 unspecified atom stereocenters. The summed E-state index contributed by atoms with van der Waals surface area (Å²) in [7, 11) is 5.10. The standard InChI is InChI=1S/C18H24N2O4/c1-20-7-6-18(5-4-12(21)10-15(18)20)11-8-13(17(19)22)16(24-3)14(9-11)23-2/h4-5,8-9,12,15,21H,6-7,10H2,1-3H3,(H2,19,22)/t12-,15+,18+/m1/s1. The van der Waals surface area contributed by atoms with E-state index < -0.39 is 12.0 Å². The molecule has 6 heteroatoms. The SMILES string of the molecule is COc1cc([C@@]23C=C[C@@H](O)C[C@@H]2N(C)CC3)cc(C(N)=O)c1OC. The zero-order valence-electron chi connectivity index (χ0n) is 14.3. The number of likely N-dealkylation sites (N-methyl/N-ethyl adjacent to an activating group) is 1. The van der Waals surface area contributed by atoms with E-state index in [2.05, 4.69) is 18.0 Å². The number of aliphatic hydroxyl groups is 1. The molecular weight excluding hydrogens is 308 g/mol. The predicted octanol–water partition coefficient (Wildman–Crippen LogP) is 1.07. The second-order valence-corrected chi connectivity index (χ2v) is 6.57. The van der Waals surface area contributed by atoms with E-state index >= 15 is 0 Å². The van der Waals surface area contributed by atoms with Gasteiger partial charge in [0.15, 0.2) is 11.5 Å². The lowest BCUT2D eigenvalue weighted by atomic mass is 9.69. The summed E-state index contributed by atoms with van der Waals surface area (Å²) in [4.78, 5) is 14.2. The lowest BCUT2D eigenvalue weighted by molar-refractivity contribution is 0.0996. The Kier molecular flexibility index (Phi) is 4.27. The number of hydrogen-bond acceptors (Lipinski definition) is 5. The first-order chi connectivity index (χ1) is 11.4. The summed E-state index contributed by atoms with van der Waals surface area (Å²) < 4.78 is 10.8. The molecular formula is C18H24N2O4. The number of likely N-dealkylation sites (tertiary alicyclic amines) is 1. The molecule has 1 aromatic carbocycles. The van der Waals surface area contributed by atoms with Gasteiger partial charge in [-0.25, -0.2) is 0 Å². The highest BCUT2D eigenvalue weighted by atomic mass is 16.5. The van der Waals surface area contributed by atoms with E-state index in [1.54, 1.807) is 13.2 Å². The Balaban J connectivity index is 2.19. The third-order valence-electron chi connectivity index (χ3n) is 5.37. The Labute approximate surface area is 141 Å². The molecule has 3 rings (SSSR count). The van der Waals surface area contributed by atoms with Crippen LogP contribution in [0.4, 0.5) is 0 Å². The van der Waals surface area contributed by atoms with Gasteiger partial charge in [0.25, 0.3) is 5.91 Å². The molecule has 1 aliphatic carbocycles. The van der Waals surface area contributed by atoms with Crippen molar-refractivity contribution in [3.05, 3.63) is 35.4 Å². The molecule has 1 fully saturated rings. The van der Waals surface area contributed by atoms with Crippen molar-refractivity contribution in [3.63, 3.8) is 0 Å². The molecule has 1 aromatic rings. The van der Waals surface area contributed by atoms with E-state index in [1.807, 2.05) is 12.1 Å². The van der Waals surface area contributed by atoms with Crippen LogP contribution in [-0.4, -0.2) is 55.9 Å². The van der Waals surface area contributed by atoms with Crippen LogP contribution in [0.25, 0.3) is 0 Å². The number of nitrogens with two attached hydrogens (primary N) is 1. The summed E-state index contributed by atoms with van der Waals surface area (Å²) in [5.41, 5.74) is 6.57. The molecule has 1 aliphatic heterocycles. The normalized spacial score (nSPS) is 29.3. The number of nitrogens with zero attached hydrogens (tertiary/aromatic N) is 1. The smallest absolute Gasteiger partial charge is 0.252 e. The quantitative estimate of drug-likeness (QED) is 0.806. The van der Waals surface area contributed by atoms with Crippen molar-refractivity contribution < 1.29 is 19.4 Å². The number of carbonyl (C=O) groups is 1. The van der Waals surface area contributed by atoms with Gasteiger partial charge in [0.2, 0.25) is 0 Å². The number of hydrogen-bond donors (Lipinski definition) is 2. The van der Waals surface area contributed by atoms with Gasteiger partial charge >= 0.3 is 0 Å². The van der Waals surface area contributed by atoms with Crippen molar-refractivity contribution in [1.29, 1.82) is 0 Å². The van der Waals surface area contributed by atoms with Gasteiger partial charge in [-0.3, -0.25) is 4.79 Å². The molecule has 1 heterocycles. The number of primary amides is 1. The molecule has 1 amide bonds. The summed E-state index contributed by atoms with van der Waals surface area (Å²) in [6, 6.07) is 3.88. The number of aliphatic hydroxyl groups excluding tert-OH is 1. The number of rotatable bonds is 4. The topological polar surface area (TPSA) is 85.0 Å². The van der Waals surface area contributed by atoms with Crippen molar-refractivity contribution in [2.45, 2.75) is 30.4 Å². The van der Waals surface area contributed by atoms with Gasteiger partial charge in [-0.1, -0.05) is 12.2 Å². The maximum Gasteiger partial charge on any atom is 0.252 e. The van der Waals surface area contributed by atoms with Crippen LogP contribution in [0.15, 0.2) is 24.3 Å². The van der Waals surface area contributed by atoms with Crippen LogP contribution in [0.2, 0.25) is 0 Å². The first kappa shape index (κ1) is 16.8. The number of fused-ring (bicyclic) bond motifs is 1. The van der Waals surface area contributed by atoms with Crippen LogP contribution in [0.1, 0.15) is 28.8 Å². The molecule has 24 heavy (non-hydrogen) atoms. The second-order valence-electron chi connectivity index (χ2n) is 6.57. The van der Waals surface area contributed by atoms with Gasteiger partial charge in [-0.15, -0.1) is 0 Å². The summed E-state index contributed by atoms with van der Waals surface area (Å²) in [6.07, 6.45) is 5.04. The van der Waals surface area contributed by atoms with Crippen LogP contribution in [-0.2, 0) is 5.41 Å². The van der Waals surface area contributed by atoms with E-state index in [0.29, 0.717) is 23.5 Å². The number of carbonyl (C=O) groups excluding carboxylic acids is 1. The monoisotopic (exact) mass is 332 g/mol. The molecule has 0 spiro atoms. The van der Waals surface area contributed by atoms with Crippen LogP contribution < -0.4 is 15.2 Å². The van der Waals surface area contributed by atoms with Gasteiger partial charge in [0, 0.05) is 11.5 Å². The Morgan fingerprint density at radius 3 is 2.75 bits per heavy atom. The van der Waals surface area contributed by atoms with Crippen molar-refractivity contribution >= 4 is 5.91 Å². The van der Waals surface area contributed by atoms with E-state index in [-0.39, 0.29) is 11.5 Å². The zero-order valence-corrected chi connectivity index (χ0v) is 14.3. The van der Waals surface area contributed by atoms with Gasteiger partial charge in [0.1, 0.15) is 0 Å². The van der Waals surface area contributed by atoms with Crippen molar-refractivity contribution in [3.8, 4) is 11.5 Å². The van der Waals surface area contributed by atoms with Crippen LogP contribution in [0, 0.1) is 0 Å². The van der Waals surface area contributed by atoms with Gasteiger partial charge in [-0.05, 0) is 44.1 Å². The minimum absolute atomic E-state index is 0.163. The zero-order chi connectivity index (χ0) is 17.5. The molecule has 3 atom stereocenters. The molecule has 1 saturated heterocycles. The van der Waals surface area contributed by atoms with Crippen molar-refractivity contribution in [1.82, 2.24) is 4.90 Å². The minimum atomic E-state index is -0.550. The third kappa shape index (κ3) is 2.46. The summed E-state index contributed by atoms with van der Waals surface area (Å²) >= 11 is 0. The van der Waals surface area contributed by atoms with E-state index in [1.165, 1.54) is 7.11 Å². The highest BCUT2D eigenvalue weighted by Gasteiger charge is 2.48. The van der Waals surface area contributed by atoms with E-state index in [0.717, 1.165) is 18.5 Å². The second kappa shape index (κ2) is 6.11. The molecule has 0 radical (unpaired) electrons. The highest BCUT2D eigenvalue weighted by Crippen LogP contribution is 2.47. The molecule has 130 valence electrons. The Hall–Kier alpha value is -2.05. The summed E-state index contributed by atoms with van der Waals surface area (Å²) in [5.74, 6) is 0.296. The molecule has 2 aliphatic rings. The number of methoxy groups -OCH3 is 2. The first-order valence-electron chi connectivity index (χ1n) is 8.07. The number of amides is 1. The van der Waals surface area contributed by atoms with E-state index in [9.17, 15) is 9.90 Å². The third-order valence-corrected chi connectivity index (χ3v) is 5.37. The fraction of sp³-hybridized carbons (Fsp3) is 0.500. The van der Waals surface area contributed by atoms with Gasteiger partial charge < -0.3 is 25.2 Å². The fourth-order valence-electron chi connectivity index (χ4n) is 4.10. The minimum Gasteiger partial charge on any atom is -0.493 e. The van der Waals surface area contributed by atoms with E-state index in [4.69, 9.17) is 15.2 Å². The lowest BCUT2D eigenvalue weighted by Gasteiger charge is -2.40. The average molecular weight is 332 g/mol. The Bertz CT molecular complexity index is 688. The largest absolute Gasteiger partial charge is 0.493 e. The summed E-state index contributed by atoms with van der Waals surface area (Å²) in [5, 5.41) is 10.0. The lowest BCUT2D eigenvalue weighted by Crippen LogP contribution is -2.44. The predicted molar refractivity (Wildman–Crippen MR) is 90.5 cm³/mol. The molecule has 6 nitrogen and oxygen atoms in total. The molecule has 3 N–H and O–H groups in total. The molecule has 0 saturated carbocycles. The first-order valence-corrected chi connectivity index (χ1v) is 8.07. The van der Waals surface area contributed by atoms with Crippen molar-refractivity contribution in [2.75, 3.05) is 27.8 Å². The molecule has 0 bridgehead atoms. The number of ether oxygens (including phenoxy) is 2. The van der Waals surface area contributed by atoms with Gasteiger partial charge in [0.05, 0.1) is 25.9 Å². The maximum absolute atomic E-state index is 11.9. The van der Waals surface area contributed by atoms with Crippen LogP contribution >= 0.6 is 0 Å².